The van der Waals surface area contributed by atoms with Crippen LogP contribution in [0.1, 0.15) is 51.9 Å². The zero-order chi connectivity index (χ0) is 22.1. The number of halogens is 1. The highest BCUT2D eigenvalue weighted by Gasteiger charge is 2.33. The van der Waals surface area contributed by atoms with E-state index in [9.17, 15) is 14.0 Å². The van der Waals surface area contributed by atoms with E-state index in [0.717, 1.165) is 37.2 Å². The van der Waals surface area contributed by atoms with Crippen LogP contribution in [-0.2, 0) is 19.5 Å². The summed E-state index contributed by atoms with van der Waals surface area (Å²) in [6, 6.07) is 9.22. The quantitative estimate of drug-likeness (QED) is 0.684. The second kappa shape index (κ2) is 8.63. The summed E-state index contributed by atoms with van der Waals surface area (Å²) >= 11 is 0. The van der Waals surface area contributed by atoms with Crippen LogP contribution < -0.4 is 5.56 Å². The highest BCUT2D eigenvalue weighted by molar-refractivity contribution is 5.94. The highest BCUT2D eigenvalue weighted by Crippen LogP contribution is 2.31. The van der Waals surface area contributed by atoms with E-state index in [2.05, 4.69) is 14.9 Å². The number of hydrogen-bond acceptors (Lipinski definition) is 5. The molecule has 1 fully saturated rings. The first-order chi connectivity index (χ1) is 15.6. The largest absolute Gasteiger partial charge is 0.328 e. The predicted molar refractivity (Wildman–Crippen MR) is 116 cm³/mol. The summed E-state index contributed by atoms with van der Waals surface area (Å²) in [6.45, 7) is 2.66. The number of rotatable bonds is 4. The lowest BCUT2D eigenvalue weighted by Crippen LogP contribution is -2.37. The third-order valence-electron chi connectivity index (χ3n) is 6.22. The van der Waals surface area contributed by atoms with Gasteiger partial charge in [0.25, 0.3) is 11.5 Å². The van der Waals surface area contributed by atoms with Crippen molar-refractivity contribution in [1.29, 1.82) is 0 Å². The lowest BCUT2D eigenvalue weighted by atomic mass is 10.1. The van der Waals surface area contributed by atoms with Gasteiger partial charge in [-0.1, -0.05) is 6.07 Å². The standard InChI is InChI=1S/C24H24FN5O2/c25-18-7-5-17(6-8-18)24(32)30-11-2-4-21(30)22-27-20-9-12-29(15-19(20)23(31)28-22)14-16-3-1-10-26-13-16/h1,3,5-8,10,13,21H,2,4,9,11-12,14-15H2,(H,27,28,31)/t21-/m0/s1. The molecule has 7 nitrogen and oxygen atoms in total. The number of H-pyrrole nitrogens is 1. The van der Waals surface area contributed by atoms with Crippen molar-refractivity contribution in [1.82, 2.24) is 24.8 Å². The number of carbonyl (C=O) groups is 1. The van der Waals surface area contributed by atoms with Gasteiger partial charge in [-0.3, -0.25) is 19.5 Å². The van der Waals surface area contributed by atoms with Gasteiger partial charge >= 0.3 is 0 Å². The third kappa shape index (κ3) is 4.05. The Morgan fingerprint density at radius 3 is 2.81 bits per heavy atom. The van der Waals surface area contributed by atoms with E-state index in [1.807, 2.05) is 18.3 Å². The molecule has 2 aromatic heterocycles. The maximum atomic E-state index is 13.2. The Labute approximate surface area is 184 Å². The first-order valence-electron chi connectivity index (χ1n) is 10.9. The van der Waals surface area contributed by atoms with E-state index in [1.165, 1.54) is 24.3 Å². The molecular weight excluding hydrogens is 409 g/mol. The van der Waals surface area contributed by atoms with Crippen molar-refractivity contribution in [2.75, 3.05) is 13.1 Å². The van der Waals surface area contributed by atoms with Gasteiger partial charge in [-0.25, -0.2) is 9.37 Å². The Balaban J connectivity index is 1.36. The van der Waals surface area contributed by atoms with E-state index in [-0.39, 0.29) is 23.3 Å². The fourth-order valence-corrected chi connectivity index (χ4v) is 4.60. The Hall–Kier alpha value is -3.39. The SMILES string of the molecule is O=C(c1ccc(F)cc1)N1CCC[C@H]1c1nc2c(c(=O)[nH]1)CN(Cc1cccnc1)CC2. The minimum atomic E-state index is -0.377. The summed E-state index contributed by atoms with van der Waals surface area (Å²) in [4.78, 5) is 41.8. The van der Waals surface area contributed by atoms with Crippen molar-refractivity contribution in [3.8, 4) is 0 Å². The number of nitrogens with one attached hydrogen (secondary N) is 1. The number of hydrogen-bond donors (Lipinski definition) is 1. The topological polar surface area (TPSA) is 82.2 Å². The molecule has 1 atom stereocenters. The summed E-state index contributed by atoms with van der Waals surface area (Å²) < 4.78 is 13.2. The van der Waals surface area contributed by atoms with E-state index in [0.29, 0.717) is 36.5 Å². The highest BCUT2D eigenvalue weighted by atomic mass is 19.1. The Morgan fingerprint density at radius 1 is 1.19 bits per heavy atom. The lowest BCUT2D eigenvalue weighted by molar-refractivity contribution is 0.0729. The number of fused-ring (bicyclic) bond motifs is 1. The van der Waals surface area contributed by atoms with Gasteiger partial charge in [0.2, 0.25) is 0 Å². The number of carbonyl (C=O) groups excluding carboxylic acids is 1. The van der Waals surface area contributed by atoms with Gasteiger partial charge in [-0.05, 0) is 48.7 Å². The van der Waals surface area contributed by atoms with Gasteiger partial charge in [-0.15, -0.1) is 0 Å². The number of nitrogens with zero attached hydrogens (tertiary/aromatic N) is 4. The van der Waals surface area contributed by atoms with Crippen molar-refractivity contribution < 1.29 is 9.18 Å². The zero-order valence-corrected chi connectivity index (χ0v) is 17.6. The fraction of sp³-hybridized carbons (Fsp3) is 0.333. The number of amides is 1. The monoisotopic (exact) mass is 433 g/mol. The molecule has 164 valence electrons. The molecule has 32 heavy (non-hydrogen) atoms. The molecule has 0 unspecified atom stereocenters. The van der Waals surface area contributed by atoms with Crippen LogP contribution in [0.25, 0.3) is 0 Å². The molecule has 1 N–H and O–H groups in total. The van der Waals surface area contributed by atoms with Crippen LogP contribution in [0, 0.1) is 5.82 Å². The van der Waals surface area contributed by atoms with E-state index in [1.54, 1.807) is 11.1 Å². The van der Waals surface area contributed by atoms with E-state index in [4.69, 9.17) is 4.98 Å². The zero-order valence-electron chi connectivity index (χ0n) is 17.6. The van der Waals surface area contributed by atoms with Crippen molar-refractivity contribution >= 4 is 5.91 Å². The number of likely N-dealkylation sites (tertiary alicyclic amines) is 1. The van der Waals surface area contributed by atoms with Crippen LogP contribution in [0.5, 0.6) is 0 Å². The molecule has 0 aliphatic carbocycles. The fourth-order valence-electron chi connectivity index (χ4n) is 4.60. The van der Waals surface area contributed by atoms with Gasteiger partial charge < -0.3 is 9.88 Å². The van der Waals surface area contributed by atoms with Crippen LogP contribution in [0.3, 0.4) is 0 Å². The van der Waals surface area contributed by atoms with Crippen LogP contribution in [-0.4, -0.2) is 43.7 Å². The summed E-state index contributed by atoms with van der Waals surface area (Å²) in [5, 5.41) is 0. The molecule has 1 amide bonds. The van der Waals surface area contributed by atoms with E-state index < -0.39 is 0 Å². The van der Waals surface area contributed by atoms with Crippen molar-refractivity contribution in [2.24, 2.45) is 0 Å². The summed E-state index contributed by atoms with van der Waals surface area (Å²) in [6.07, 6.45) is 5.84. The number of benzene rings is 1. The van der Waals surface area contributed by atoms with Crippen molar-refractivity contribution in [3.05, 3.63) is 93.2 Å². The van der Waals surface area contributed by atoms with Gasteiger partial charge in [0.1, 0.15) is 11.6 Å². The number of aromatic nitrogens is 3. The van der Waals surface area contributed by atoms with Crippen molar-refractivity contribution in [3.63, 3.8) is 0 Å². The molecule has 3 aromatic rings. The van der Waals surface area contributed by atoms with Gasteiger partial charge in [0.05, 0.1) is 17.3 Å². The Morgan fingerprint density at radius 2 is 2.03 bits per heavy atom. The van der Waals surface area contributed by atoms with Crippen LogP contribution in [0.2, 0.25) is 0 Å². The second-order valence-corrected chi connectivity index (χ2v) is 8.36. The minimum Gasteiger partial charge on any atom is -0.328 e. The molecular formula is C24H24FN5O2. The number of pyridine rings is 1. The third-order valence-corrected chi connectivity index (χ3v) is 6.22. The minimum absolute atomic E-state index is 0.137. The van der Waals surface area contributed by atoms with Gasteiger partial charge in [0, 0.05) is 50.6 Å². The van der Waals surface area contributed by atoms with E-state index >= 15 is 0 Å². The molecule has 8 heteroatoms. The average Bonchev–Trinajstić information content (AvgIpc) is 3.30. The molecule has 0 spiro atoms. The smallest absolute Gasteiger partial charge is 0.255 e. The Bertz CT molecular complexity index is 1180. The molecule has 4 heterocycles. The first kappa shape index (κ1) is 20.5. The molecule has 2 aliphatic rings. The number of aromatic amines is 1. The summed E-state index contributed by atoms with van der Waals surface area (Å²) in [5.74, 6) is -0.00397. The molecule has 0 bridgehead atoms. The normalized spacial score (nSPS) is 18.5. The maximum absolute atomic E-state index is 13.2. The Kier molecular flexibility index (Phi) is 5.53. The molecule has 0 saturated carbocycles. The first-order valence-corrected chi connectivity index (χ1v) is 10.9. The maximum Gasteiger partial charge on any atom is 0.255 e. The molecule has 2 aliphatic heterocycles. The van der Waals surface area contributed by atoms with Gasteiger partial charge in [0.15, 0.2) is 0 Å². The molecule has 1 saturated heterocycles. The molecule has 0 radical (unpaired) electrons. The van der Waals surface area contributed by atoms with Crippen molar-refractivity contribution in [2.45, 2.75) is 38.4 Å². The lowest BCUT2D eigenvalue weighted by Gasteiger charge is -2.29. The molecule has 1 aromatic carbocycles. The van der Waals surface area contributed by atoms with Gasteiger partial charge in [-0.2, -0.15) is 0 Å². The second-order valence-electron chi connectivity index (χ2n) is 8.36. The summed E-state index contributed by atoms with van der Waals surface area (Å²) in [7, 11) is 0. The van der Waals surface area contributed by atoms with Crippen LogP contribution in [0.15, 0.2) is 53.6 Å². The van der Waals surface area contributed by atoms with Crippen LogP contribution in [0.4, 0.5) is 4.39 Å². The summed E-state index contributed by atoms with van der Waals surface area (Å²) in [5.41, 5.74) is 2.91. The predicted octanol–water partition coefficient (Wildman–Crippen LogP) is 2.84. The molecule has 5 rings (SSSR count). The van der Waals surface area contributed by atoms with Crippen LogP contribution >= 0.6 is 0 Å². The average molecular weight is 433 g/mol.